The number of rotatable bonds is 2. The Balaban J connectivity index is 2.20. The fourth-order valence-corrected chi connectivity index (χ4v) is 1.30. The predicted molar refractivity (Wildman–Crippen MR) is 59.0 cm³/mol. The highest BCUT2D eigenvalue weighted by Crippen LogP contribution is 2.16. The predicted octanol–water partition coefficient (Wildman–Crippen LogP) is 1.36. The molecule has 2 rings (SSSR count). The summed E-state index contributed by atoms with van der Waals surface area (Å²) in [6.45, 7) is 0. The second-order valence-corrected chi connectivity index (χ2v) is 3.41. The minimum atomic E-state index is -0.666. The van der Waals surface area contributed by atoms with E-state index in [1.165, 1.54) is 29.1 Å². The molecule has 17 heavy (non-hydrogen) atoms. The lowest BCUT2D eigenvalue weighted by Gasteiger charge is -2.03. The maximum absolute atomic E-state index is 12.9. The van der Waals surface area contributed by atoms with Crippen molar-refractivity contribution in [3.05, 3.63) is 41.8 Å². The van der Waals surface area contributed by atoms with Crippen LogP contribution in [0.1, 0.15) is 10.4 Å². The van der Waals surface area contributed by atoms with Crippen molar-refractivity contribution in [2.45, 2.75) is 0 Å². The first-order valence-corrected chi connectivity index (χ1v) is 4.83. The van der Waals surface area contributed by atoms with Crippen LogP contribution in [0.4, 0.5) is 10.2 Å². The Morgan fingerprint density at radius 3 is 2.88 bits per heavy atom. The van der Waals surface area contributed by atoms with Crippen molar-refractivity contribution in [1.82, 2.24) is 9.78 Å². The highest BCUT2D eigenvalue weighted by Gasteiger charge is 2.16. The Morgan fingerprint density at radius 2 is 2.29 bits per heavy atom. The summed E-state index contributed by atoms with van der Waals surface area (Å²) in [5.74, 6) is -0.819. The summed E-state index contributed by atoms with van der Waals surface area (Å²) in [4.78, 5) is 11.7. The Morgan fingerprint density at radius 1 is 1.53 bits per heavy atom. The average Bonchev–Trinajstić information content (AvgIpc) is 2.60. The van der Waals surface area contributed by atoms with E-state index in [0.29, 0.717) is 0 Å². The summed E-state index contributed by atoms with van der Waals surface area (Å²) in [7, 11) is 1.61. The third kappa shape index (κ3) is 2.25. The van der Waals surface area contributed by atoms with Gasteiger partial charge in [0.25, 0.3) is 0 Å². The van der Waals surface area contributed by atoms with Gasteiger partial charge in [-0.3, -0.25) is 4.68 Å². The Kier molecular flexibility index (Phi) is 2.78. The fourth-order valence-electron chi connectivity index (χ4n) is 1.30. The third-order valence-corrected chi connectivity index (χ3v) is 2.21. The molecule has 1 aromatic carbocycles. The molecule has 0 amide bonds. The van der Waals surface area contributed by atoms with Crippen LogP contribution in [0.5, 0.6) is 5.75 Å². The molecular formula is C11H10FN3O2. The fraction of sp³-hybridized carbons (Fsp3) is 0.0909. The topological polar surface area (TPSA) is 70.1 Å². The van der Waals surface area contributed by atoms with Crippen molar-refractivity contribution >= 4 is 11.8 Å². The maximum atomic E-state index is 12.9. The van der Waals surface area contributed by atoms with E-state index in [-0.39, 0.29) is 17.1 Å². The first kappa shape index (κ1) is 11.1. The molecule has 0 spiro atoms. The molecule has 0 fully saturated rings. The first-order valence-electron chi connectivity index (χ1n) is 4.83. The van der Waals surface area contributed by atoms with Gasteiger partial charge in [0.2, 0.25) is 0 Å². The van der Waals surface area contributed by atoms with Crippen molar-refractivity contribution in [3.8, 4) is 5.75 Å². The number of ether oxygens (including phenoxy) is 1. The summed E-state index contributed by atoms with van der Waals surface area (Å²) in [5.41, 5.74) is 5.76. The summed E-state index contributed by atoms with van der Waals surface area (Å²) in [5, 5.41) is 3.81. The average molecular weight is 235 g/mol. The molecule has 0 radical (unpaired) electrons. The van der Waals surface area contributed by atoms with E-state index < -0.39 is 11.8 Å². The molecule has 0 saturated carbocycles. The molecule has 0 aliphatic heterocycles. The number of hydrogen-bond acceptors (Lipinski definition) is 4. The third-order valence-electron chi connectivity index (χ3n) is 2.21. The smallest absolute Gasteiger partial charge is 0.348 e. The maximum Gasteiger partial charge on any atom is 0.348 e. The number of carbonyl (C=O) groups excluding carboxylic acids is 1. The SMILES string of the molecule is Cn1ncc(C(=O)Oc2cccc(F)c2)c1N. The largest absolute Gasteiger partial charge is 0.423 e. The zero-order chi connectivity index (χ0) is 12.4. The van der Waals surface area contributed by atoms with Gasteiger partial charge in [0.05, 0.1) is 6.20 Å². The van der Waals surface area contributed by atoms with Crippen molar-refractivity contribution in [3.63, 3.8) is 0 Å². The van der Waals surface area contributed by atoms with Crippen LogP contribution in [0.15, 0.2) is 30.5 Å². The van der Waals surface area contributed by atoms with Crippen LogP contribution >= 0.6 is 0 Å². The summed E-state index contributed by atoms with van der Waals surface area (Å²) < 4.78 is 19.2. The van der Waals surface area contributed by atoms with Crippen LogP contribution in [0.3, 0.4) is 0 Å². The number of hydrogen-bond donors (Lipinski definition) is 1. The molecule has 1 aromatic heterocycles. The van der Waals surface area contributed by atoms with Gasteiger partial charge in [-0.25, -0.2) is 9.18 Å². The normalized spacial score (nSPS) is 10.2. The van der Waals surface area contributed by atoms with Crippen LogP contribution < -0.4 is 10.5 Å². The van der Waals surface area contributed by atoms with E-state index in [1.54, 1.807) is 7.05 Å². The van der Waals surface area contributed by atoms with Gasteiger partial charge >= 0.3 is 5.97 Å². The van der Waals surface area contributed by atoms with Gasteiger partial charge in [-0.15, -0.1) is 0 Å². The van der Waals surface area contributed by atoms with Crippen LogP contribution in [0.2, 0.25) is 0 Å². The lowest BCUT2D eigenvalue weighted by molar-refractivity contribution is 0.0735. The molecule has 0 aliphatic carbocycles. The van der Waals surface area contributed by atoms with Gasteiger partial charge in [-0.1, -0.05) is 6.07 Å². The number of carbonyl (C=O) groups is 1. The Labute approximate surface area is 96.6 Å². The molecule has 0 unspecified atom stereocenters. The molecule has 2 aromatic rings. The van der Waals surface area contributed by atoms with Gasteiger partial charge in [-0.2, -0.15) is 5.10 Å². The highest BCUT2D eigenvalue weighted by atomic mass is 19.1. The van der Waals surface area contributed by atoms with E-state index >= 15 is 0 Å². The van der Waals surface area contributed by atoms with Crippen LogP contribution in [0, 0.1) is 5.82 Å². The number of benzene rings is 1. The molecule has 0 saturated heterocycles. The molecule has 0 atom stereocenters. The van der Waals surface area contributed by atoms with Gasteiger partial charge in [0, 0.05) is 13.1 Å². The minimum Gasteiger partial charge on any atom is -0.423 e. The van der Waals surface area contributed by atoms with E-state index in [9.17, 15) is 9.18 Å². The molecule has 0 bridgehead atoms. The van der Waals surface area contributed by atoms with Gasteiger partial charge in [-0.05, 0) is 12.1 Å². The number of nitrogen functional groups attached to an aromatic ring is 1. The van der Waals surface area contributed by atoms with E-state index in [0.717, 1.165) is 6.07 Å². The summed E-state index contributed by atoms with van der Waals surface area (Å²) in [6, 6.07) is 5.30. The van der Waals surface area contributed by atoms with Crippen LogP contribution in [-0.2, 0) is 7.05 Å². The van der Waals surface area contributed by atoms with Gasteiger partial charge in [0.15, 0.2) is 0 Å². The van der Waals surface area contributed by atoms with Gasteiger partial charge in [0.1, 0.15) is 22.9 Å². The molecular weight excluding hydrogens is 225 g/mol. The molecule has 1 heterocycles. The van der Waals surface area contributed by atoms with E-state index in [4.69, 9.17) is 10.5 Å². The molecule has 88 valence electrons. The number of nitrogens with two attached hydrogens (primary N) is 1. The second-order valence-electron chi connectivity index (χ2n) is 3.41. The first-order chi connectivity index (χ1) is 8.08. The Hall–Kier alpha value is -2.37. The van der Waals surface area contributed by atoms with Crippen LogP contribution in [-0.4, -0.2) is 15.7 Å². The molecule has 6 heteroatoms. The van der Waals surface area contributed by atoms with Crippen molar-refractivity contribution in [1.29, 1.82) is 0 Å². The Bertz CT molecular complexity index is 566. The lowest BCUT2D eigenvalue weighted by Crippen LogP contribution is -2.11. The van der Waals surface area contributed by atoms with E-state index in [1.807, 2.05) is 0 Å². The quantitative estimate of drug-likeness (QED) is 0.630. The van der Waals surface area contributed by atoms with Crippen molar-refractivity contribution < 1.29 is 13.9 Å². The van der Waals surface area contributed by atoms with Crippen LogP contribution in [0.25, 0.3) is 0 Å². The number of anilines is 1. The van der Waals surface area contributed by atoms with E-state index in [2.05, 4.69) is 5.10 Å². The molecule has 5 nitrogen and oxygen atoms in total. The lowest BCUT2D eigenvalue weighted by atomic mass is 10.3. The number of aryl methyl sites for hydroxylation is 1. The monoisotopic (exact) mass is 235 g/mol. The molecule has 2 N–H and O–H groups in total. The highest BCUT2D eigenvalue weighted by molar-refractivity contribution is 5.95. The molecule has 0 aliphatic rings. The number of halogens is 1. The van der Waals surface area contributed by atoms with Crippen molar-refractivity contribution in [2.75, 3.05) is 5.73 Å². The summed E-state index contributed by atoms with van der Waals surface area (Å²) >= 11 is 0. The van der Waals surface area contributed by atoms with Crippen molar-refractivity contribution in [2.24, 2.45) is 7.05 Å². The second kappa shape index (κ2) is 4.25. The standard InChI is InChI=1S/C11H10FN3O2/c1-15-10(13)9(6-14-15)11(16)17-8-4-2-3-7(12)5-8/h2-6H,13H2,1H3. The number of esters is 1. The zero-order valence-corrected chi connectivity index (χ0v) is 9.05. The number of nitrogens with zero attached hydrogens (tertiary/aromatic N) is 2. The zero-order valence-electron chi connectivity index (χ0n) is 9.05. The summed E-state index contributed by atoms with van der Waals surface area (Å²) in [6.07, 6.45) is 1.30. The number of aromatic nitrogens is 2. The minimum absolute atomic E-state index is 0.123. The van der Waals surface area contributed by atoms with Gasteiger partial charge < -0.3 is 10.5 Å².